The number of carbonyl (C=O) groups excluding carboxylic acids is 2. The van der Waals surface area contributed by atoms with Gasteiger partial charge in [-0.15, -0.1) is 0 Å². The highest BCUT2D eigenvalue weighted by molar-refractivity contribution is 5.92. The van der Waals surface area contributed by atoms with Gasteiger partial charge in [-0.3, -0.25) is 9.59 Å². The molecule has 7 heteroatoms. The Labute approximate surface area is 124 Å². The molecule has 0 bridgehead atoms. The molecule has 21 heavy (non-hydrogen) atoms. The molecule has 2 rings (SSSR count). The molecule has 0 atom stereocenters. The summed E-state index contributed by atoms with van der Waals surface area (Å²) >= 11 is 0. The Kier molecular flexibility index (Phi) is 5.08. The molecule has 0 saturated carbocycles. The van der Waals surface area contributed by atoms with Gasteiger partial charge in [0.2, 0.25) is 12.4 Å². The molecule has 7 nitrogen and oxygen atoms in total. The summed E-state index contributed by atoms with van der Waals surface area (Å²) in [6.07, 6.45) is 2.44. The summed E-state index contributed by atoms with van der Waals surface area (Å²) in [5.41, 5.74) is 0.409. The zero-order chi connectivity index (χ0) is 15.2. The Morgan fingerprint density at radius 2 is 1.95 bits per heavy atom. The summed E-state index contributed by atoms with van der Waals surface area (Å²) in [5, 5.41) is 0. The molecule has 1 aliphatic rings. The van der Waals surface area contributed by atoms with Gasteiger partial charge in [0, 0.05) is 45.5 Å². The van der Waals surface area contributed by atoms with E-state index in [2.05, 4.69) is 9.97 Å². The summed E-state index contributed by atoms with van der Waals surface area (Å²) in [6, 6.07) is 1.64. The minimum Gasteiger partial charge on any atom is -0.342 e. The number of amides is 2. The maximum Gasteiger partial charge on any atom is 0.272 e. The molecular weight excluding hydrogens is 270 g/mol. The van der Waals surface area contributed by atoms with Crippen molar-refractivity contribution in [3.63, 3.8) is 0 Å². The third-order valence-corrected chi connectivity index (χ3v) is 3.66. The van der Waals surface area contributed by atoms with Crippen LogP contribution in [0.3, 0.4) is 0 Å². The van der Waals surface area contributed by atoms with Gasteiger partial charge in [-0.25, -0.2) is 9.97 Å². The molecule has 0 radical (unpaired) electrons. The molecule has 0 aliphatic carbocycles. The Morgan fingerprint density at radius 1 is 1.29 bits per heavy atom. The van der Waals surface area contributed by atoms with Crippen LogP contribution >= 0.6 is 0 Å². The first-order chi connectivity index (χ1) is 10.2. The van der Waals surface area contributed by atoms with Gasteiger partial charge in [0.05, 0.1) is 0 Å². The molecule has 0 aromatic carbocycles. The minimum absolute atomic E-state index is 0.101. The van der Waals surface area contributed by atoms with Crippen molar-refractivity contribution in [3.8, 4) is 0 Å². The van der Waals surface area contributed by atoms with Crippen LogP contribution in [-0.4, -0.2) is 71.4 Å². The van der Waals surface area contributed by atoms with Crippen LogP contribution in [0.15, 0.2) is 12.3 Å². The van der Waals surface area contributed by atoms with Crippen LogP contribution in [0.25, 0.3) is 0 Å². The number of hydrogen-bond acceptors (Lipinski definition) is 5. The number of carbonyl (C=O) groups is 2. The van der Waals surface area contributed by atoms with E-state index in [4.69, 9.17) is 0 Å². The van der Waals surface area contributed by atoms with Crippen LogP contribution in [0.1, 0.15) is 24.3 Å². The number of piperazine rings is 1. The fourth-order valence-electron chi connectivity index (χ4n) is 2.32. The van der Waals surface area contributed by atoms with E-state index < -0.39 is 0 Å². The van der Waals surface area contributed by atoms with Crippen LogP contribution in [-0.2, 0) is 4.79 Å². The fraction of sp³-hybridized carbons (Fsp3) is 0.571. The van der Waals surface area contributed by atoms with Gasteiger partial charge < -0.3 is 14.7 Å². The van der Waals surface area contributed by atoms with E-state index in [0.29, 0.717) is 37.8 Å². The summed E-state index contributed by atoms with van der Waals surface area (Å²) in [6.45, 7) is 7.88. The Balaban J connectivity index is 2.09. The molecule has 114 valence electrons. The van der Waals surface area contributed by atoms with E-state index in [1.54, 1.807) is 22.1 Å². The van der Waals surface area contributed by atoms with Crippen LogP contribution in [0.4, 0.5) is 5.95 Å². The molecule has 1 aromatic rings. The Hall–Kier alpha value is -2.18. The van der Waals surface area contributed by atoms with Crippen LogP contribution in [0, 0.1) is 0 Å². The predicted octanol–water partition coefficient (Wildman–Crippen LogP) is 0.237. The van der Waals surface area contributed by atoms with Crippen molar-refractivity contribution < 1.29 is 9.59 Å². The summed E-state index contributed by atoms with van der Waals surface area (Å²) in [7, 11) is 0. The number of aromatic nitrogens is 2. The SMILES string of the molecule is CCN(CC)c1nccc(C(=O)N2CCN(C=O)CC2)n1. The van der Waals surface area contributed by atoms with E-state index in [-0.39, 0.29) is 5.91 Å². The maximum absolute atomic E-state index is 12.5. The summed E-state index contributed by atoms with van der Waals surface area (Å²) in [4.78, 5) is 37.1. The topological polar surface area (TPSA) is 69.6 Å². The third-order valence-electron chi connectivity index (χ3n) is 3.66. The average molecular weight is 291 g/mol. The molecule has 1 fully saturated rings. The zero-order valence-electron chi connectivity index (χ0n) is 12.5. The fourth-order valence-corrected chi connectivity index (χ4v) is 2.32. The molecular formula is C14H21N5O2. The van der Waals surface area contributed by atoms with Gasteiger partial charge >= 0.3 is 0 Å². The molecule has 1 aliphatic heterocycles. The standard InChI is InChI=1S/C14H21N5O2/c1-3-18(4-2)14-15-6-5-12(16-14)13(21)19-9-7-17(11-20)8-10-19/h5-6,11H,3-4,7-10H2,1-2H3. The molecule has 0 spiro atoms. The Morgan fingerprint density at radius 3 is 2.52 bits per heavy atom. The van der Waals surface area contributed by atoms with Gasteiger partial charge in [-0.2, -0.15) is 0 Å². The highest BCUT2D eigenvalue weighted by Crippen LogP contribution is 2.10. The van der Waals surface area contributed by atoms with Crippen molar-refractivity contribution in [1.29, 1.82) is 0 Å². The highest BCUT2D eigenvalue weighted by Gasteiger charge is 2.22. The normalized spacial score (nSPS) is 15.0. The van der Waals surface area contributed by atoms with E-state index in [0.717, 1.165) is 19.5 Å². The average Bonchev–Trinajstić information content (AvgIpc) is 2.56. The number of anilines is 1. The van der Waals surface area contributed by atoms with Crippen molar-refractivity contribution in [2.75, 3.05) is 44.2 Å². The van der Waals surface area contributed by atoms with E-state index >= 15 is 0 Å². The molecule has 2 heterocycles. The van der Waals surface area contributed by atoms with Crippen molar-refractivity contribution in [2.45, 2.75) is 13.8 Å². The lowest BCUT2D eigenvalue weighted by molar-refractivity contribution is -0.119. The van der Waals surface area contributed by atoms with Crippen LogP contribution in [0.5, 0.6) is 0 Å². The van der Waals surface area contributed by atoms with E-state index in [9.17, 15) is 9.59 Å². The number of rotatable bonds is 5. The van der Waals surface area contributed by atoms with Gasteiger partial charge in [-0.1, -0.05) is 0 Å². The van der Waals surface area contributed by atoms with Crippen LogP contribution < -0.4 is 4.90 Å². The first-order valence-electron chi connectivity index (χ1n) is 7.26. The van der Waals surface area contributed by atoms with E-state index in [1.165, 1.54) is 0 Å². The molecule has 1 saturated heterocycles. The third kappa shape index (κ3) is 3.48. The zero-order valence-corrected chi connectivity index (χ0v) is 12.5. The van der Waals surface area contributed by atoms with Gasteiger partial charge in [0.25, 0.3) is 5.91 Å². The summed E-state index contributed by atoms with van der Waals surface area (Å²) in [5.74, 6) is 0.480. The summed E-state index contributed by atoms with van der Waals surface area (Å²) < 4.78 is 0. The molecule has 2 amide bonds. The quantitative estimate of drug-likeness (QED) is 0.727. The monoisotopic (exact) mass is 291 g/mol. The first kappa shape index (κ1) is 15.2. The smallest absolute Gasteiger partial charge is 0.272 e. The predicted molar refractivity (Wildman–Crippen MR) is 79.1 cm³/mol. The van der Waals surface area contributed by atoms with Gasteiger partial charge in [0.15, 0.2) is 0 Å². The van der Waals surface area contributed by atoms with Gasteiger partial charge in [0.1, 0.15) is 5.69 Å². The lowest BCUT2D eigenvalue weighted by atomic mass is 10.3. The molecule has 0 unspecified atom stereocenters. The van der Waals surface area contributed by atoms with Crippen molar-refractivity contribution >= 4 is 18.3 Å². The maximum atomic E-state index is 12.5. The first-order valence-corrected chi connectivity index (χ1v) is 7.26. The van der Waals surface area contributed by atoms with Crippen molar-refractivity contribution in [2.24, 2.45) is 0 Å². The van der Waals surface area contributed by atoms with Crippen LogP contribution in [0.2, 0.25) is 0 Å². The second-order valence-electron chi connectivity index (χ2n) is 4.85. The second kappa shape index (κ2) is 7.01. The van der Waals surface area contributed by atoms with E-state index in [1.807, 2.05) is 18.7 Å². The van der Waals surface area contributed by atoms with Crippen molar-refractivity contribution in [1.82, 2.24) is 19.8 Å². The van der Waals surface area contributed by atoms with Gasteiger partial charge in [-0.05, 0) is 19.9 Å². The minimum atomic E-state index is -0.101. The Bertz CT molecular complexity index is 496. The molecule has 0 N–H and O–H groups in total. The lowest BCUT2D eigenvalue weighted by Crippen LogP contribution is -2.48. The lowest BCUT2D eigenvalue weighted by Gasteiger charge is -2.32. The largest absolute Gasteiger partial charge is 0.342 e. The second-order valence-corrected chi connectivity index (χ2v) is 4.85. The molecule has 1 aromatic heterocycles. The highest BCUT2D eigenvalue weighted by atomic mass is 16.2. The number of hydrogen-bond donors (Lipinski definition) is 0. The van der Waals surface area contributed by atoms with Crippen molar-refractivity contribution in [3.05, 3.63) is 18.0 Å². The number of nitrogens with zero attached hydrogens (tertiary/aromatic N) is 5.